The third-order valence-electron chi connectivity index (χ3n) is 2.85. The first-order valence-corrected chi connectivity index (χ1v) is 7.30. The van der Waals surface area contributed by atoms with E-state index in [1.165, 1.54) is 19.1 Å². The van der Waals surface area contributed by atoms with Gasteiger partial charge in [-0.25, -0.2) is 4.79 Å². The van der Waals surface area contributed by atoms with Gasteiger partial charge in [0.25, 0.3) is 0 Å². The highest BCUT2D eigenvalue weighted by atomic mass is 19.4. The van der Waals surface area contributed by atoms with Crippen LogP contribution in [0.25, 0.3) is 6.08 Å². The Morgan fingerprint density at radius 3 is 2.43 bits per heavy atom. The molecule has 1 aromatic rings. The summed E-state index contributed by atoms with van der Waals surface area (Å²) < 4.78 is 43.1. The molecule has 0 atom stereocenters. The lowest BCUT2D eigenvalue weighted by Crippen LogP contribution is -2.32. The van der Waals surface area contributed by atoms with Crippen molar-refractivity contribution in [1.29, 1.82) is 0 Å². The standard InChI is InChI=1S/C17H22F3NO2/c1-12-11-13(8-9-14(12)17(18,19)20)7-5-6-10-21-15(22)23-16(2,3)4/h5,7-9,11H,6,10H2,1-4H3,(H,21,22). The zero-order valence-corrected chi connectivity index (χ0v) is 13.8. The third kappa shape index (κ3) is 7.21. The average Bonchev–Trinajstić information content (AvgIpc) is 2.34. The smallest absolute Gasteiger partial charge is 0.416 e. The Hall–Kier alpha value is -1.98. The van der Waals surface area contributed by atoms with E-state index in [4.69, 9.17) is 4.74 Å². The van der Waals surface area contributed by atoms with Crippen molar-refractivity contribution in [3.05, 3.63) is 41.0 Å². The van der Waals surface area contributed by atoms with E-state index in [0.717, 1.165) is 6.07 Å². The van der Waals surface area contributed by atoms with E-state index in [-0.39, 0.29) is 5.56 Å². The van der Waals surface area contributed by atoms with Crippen LogP contribution in [0.2, 0.25) is 0 Å². The summed E-state index contributed by atoms with van der Waals surface area (Å²) in [6.07, 6.45) is -0.747. The van der Waals surface area contributed by atoms with Crippen LogP contribution < -0.4 is 5.32 Å². The molecule has 128 valence electrons. The van der Waals surface area contributed by atoms with Crippen LogP contribution in [0, 0.1) is 6.92 Å². The number of benzene rings is 1. The molecule has 0 saturated heterocycles. The Kier molecular flexibility index (Phi) is 6.24. The first-order valence-electron chi connectivity index (χ1n) is 7.30. The minimum atomic E-state index is -4.33. The van der Waals surface area contributed by atoms with Gasteiger partial charge in [-0.1, -0.05) is 24.3 Å². The maximum atomic E-state index is 12.7. The second kappa shape index (κ2) is 7.53. The topological polar surface area (TPSA) is 38.3 Å². The lowest BCUT2D eigenvalue weighted by atomic mass is 10.0. The predicted octanol–water partition coefficient (Wildman–Crippen LogP) is 4.94. The van der Waals surface area contributed by atoms with Crippen LogP contribution in [0.5, 0.6) is 0 Å². The molecule has 0 heterocycles. The molecule has 0 unspecified atom stereocenters. The van der Waals surface area contributed by atoms with Crippen molar-refractivity contribution in [3.8, 4) is 0 Å². The number of carbonyl (C=O) groups excluding carboxylic acids is 1. The molecule has 6 heteroatoms. The third-order valence-corrected chi connectivity index (χ3v) is 2.85. The number of aryl methyl sites for hydroxylation is 1. The molecular formula is C17H22F3NO2. The fraction of sp³-hybridized carbons (Fsp3) is 0.471. The summed E-state index contributed by atoms with van der Waals surface area (Å²) in [7, 11) is 0. The summed E-state index contributed by atoms with van der Waals surface area (Å²) in [5, 5.41) is 2.60. The number of hydrogen-bond donors (Lipinski definition) is 1. The van der Waals surface area contributed by atoms with Crippen LogP contribution in [-0.2, 0) is 10.9 Å². The fourth-order valence-corrected chi connectivity index (χ4v) is 1.90. The van der Waals surface area contributed by atoms with Gasteiger partial charge in [-0.15, -0.1) is 0 Å². The summed E-state index contributed by atoms with van der Waals surface area (Å²) >= 11 is 0. The predicted molar refractivity (Wildman–Crippen MR) is 84.1 cm³/mol. The minimum Gasteiger partial charge on any atom is -0.444 e. The number of carbonyl (C=O) groups is 1. The van der Waals surface area contributed by atoms with Crippen LogP contribution in [0.15, 0.2) is 24.3 Å². The van der Waals surface area contributed by atoms with E-state index < -0.39 is 23.4 Å². The van der Waals surface area contributed by atoms with E-state index in [2.05, 4.69) is 5.32 Å². The van der Waals surface area contributed by atoms with E-state index in [0.29, 0.717) is 18.5 Å². The summed E-state index contributed by atoms with van der Waals surface area (Å²) in [4.78, 5) is 11.4. The van der Waals surface area contributed by atoms with Crippen LogP contribution in [0.4, 0.5) is 18.0 Å². The summed E-state index contributed by atoms with van der Waals surface area (Å²) in [5.41, 5.74) is -0.293. The molecule has 1 amide bonds. The van der Waals surface area contributed by atoms with E-state index in [9.17, 15) is 18.0 Å². The van der Waals surface area contributed by atoms with Gasteiger partial charge in [0.2, 0.25) is 0 Å². The molecule has 0 radical (unpaired) electrons. The van der Waals surface area contributed by atoms with Gasteiger partial charge in [0, 0.05) is 6.54 Å². The number of alkyl halides is 3. The van der Waals surface area contributed by atoms with Crippen molar-refractivity contribution in [2.24, 2.45) is 0 Å². The number of rotatable bonds is 4. The van der Waals surface area contributed by atoms with E-state index >= 15 is 0 Å². The van der Waals surface area contributed by atoms with Gasteiger partial charge in [-0.05, 0) is 51.3 Å². The molecule has 0 fully saturated rings. The molecule has 0 aliphatic rings. The molecule has 0 aliphatic carbocycles. The largest absolute Gasteiger partial charge is 0.444 e. The van der Waals surface area contributed by atoms with Gasteiger partial charge < -0.3 is 10.1 Å². The van der Waals surface area contributed by atoms with Gasteiger partial charge in [0.1, 0.15) is 5.60 Å². The molecule has 0 aromatic heterocycles. The normalized spacial score (nSPS) is 12.5. The molecular weight excluding hydrogens is 307 g/mol. The van der Waals surface area contributed by atoms with Gasteiger partial charge in [-0.2, -0.15) is 13.2 Å². The quantitative estimate of drug-likeness (QED) is 0.794. The second-order valence-corrected chi connectivity index (χ2v) is 6.19. The maximum Gasteiger partial charge on any atom is 0.416 e. The fourth-order valence-electron chi connectivity index (χ4n) is 1.90. The highest BCUT2D eigenvalue weighted by Gasteiger charge is 2.31. The van der Waals surface area contributed by atoms with Crippen molar-refractivity contribution in [2.45, 2.75) is 45.9 Å². The Bertz CT molecular complexity index is 572. The lowest BCUT2D eigenvalue weighted by molar-refractivity contribution is -0.138. The van der Waals surface area contributed by atoms with Crippen LogP contribution in [0.1, 0.15) is 43.9 Å². The van der Waals surface area contributed by atoms with Crippen LogP contribution in [0.3, 0.4) is 0 Å². The lowest BCUT2D eigenvalue weighted by Gasteiger charge is -2.19. The Morgan fingerprint density at radius 1 is 1.26 bits per heavy atom. The number of alkyl carbamates (subject to hydrolysis) is 1. The van der Waals surface area contributed by atoms with E-state index in [1.807, 2.05) is 0 Å². The average molecular weight is 329 g/mol. The molecule has 0 saturated carbocycles. The second-order valence-electron chi connectivity index (χ2n) is 6.19. The molecule has 0 aliphatic heterocycles. The number of hydrogen-bond acceptors (Lipinski definition) is 2. The van der Waals surface area contributed by atoms with Crippen molar-refractivity contribution < 1.29 is 22.7 Å². The van der Waals surface area contributed by atoms with Crippen LogP contribution in [-0.4, -0.2) is 18.2 Å². The maximum absolute atomic E-state index is 12.7. The van der Waals surface area contributed by atoms with Crippen LogP contribution >= 0.6 is 0 Å². The summed E-state index contributed by atoms with van der Waals surface area (Å²) in [6.45, 7) is 7.16. The van der Waals surface area contributed by atoms with Crippen molar-refractivity contribution in [1.82, 2.24) is 5.32 Å². The minimum absolute atomic E-state index is 0.187. The van der Waals surface area contributed by atoms with E-state index in [1.54, 1.807) is 32.9 Å². The van der Waals surface area contributed by atoms with Crippen molar-refractivity contribution in [3.63, 3.8) is 0 Å². The van der Waals surface area contributed by atoms with Gasteiger partial charge in [-0.3, -0.25) is 0 Å². The number of amides is 1. The Balaban J connectivity index is 2.47. The molecule has 23 heavy (non-hydrogen) atoms. The van der Waals surface area contributed by atoms with Crippen molar-refractivity contribution in [2.75, 3.05) is 6.54 Å². The van der Waals surface area contributed by atoms with Gasteiger partial charge >= 0.3 is 12.3 Å². The molecule has 1 rings (SSSR count). The zero-order valence-electron chi connectivity index (χ0n) is 13.8. The summed E-state index contributed by atoms with van der Waals surface area (Å²) in [5.74, 6) is 0. The molecule has 3 nitrogen and oxygen atoms in total. The SMILES string of the molecule is Cc1cc(C=CCCNC(=O)OC(C)(C)C)ccc1C(F)(F)F. The van der Waals surface area contributed by atoms with Gasteiger partial charge in [0.05, 0.1) is 5.56 Å². The first-order chi connectivity index (χ1) is 10.5. The molecule has 1 N–H and O–H groups in total. The number of halogens is 3. The highest BCUT2D eigenvalue weighted by Crippen LogP contribution is 2.32. The summed E-state index contributed by atoms with van der Waals surface area (Å²) in [6, 6.07) is 3.99. The highest BCUT2D eigenvalue weighted by molar-refractivity contribution is 5.67. The molecule has 0 spiro atoms. The van der Waals surface area contributed by atoms with Gasteiger partial charge in [0.15, 0.2) is 0 Å². The monoisotopic (exact) mass is 329 g/mol. The molecule has 0 bridgehead atoms. The number of ether oxygens (including phenoxy) is 1. The zero-order chi connectivity index (χ0) is 17.7. The first kappa shape index (κ1) is 19.1. The number of nitrogens with one attached hydrogen (secondary N) is 1. The Labute approximate surface area is 134 Å². The Morgan fingerprint density at radius 2 is 1.91 bits per heavy atom. The molecule has 1 aromatic carbocycles. The van der Waals surface area contributed by atoms with Crippen molar-refractivity contribution >= 4 is 12.2 Å².